The van der Waals surface area contributed by atoms with Gasteiger partial charge in [-0.2, -0.15) is 12.6 Å². The number of amides is 1. The fourth-order valence-corrected chi connectivity index (χ4v) is 1.89. The molecule has 0 aliphatic rings. The van der Waals surface area contributed by atoms with E-state index < -0.39 is 0 Å². The zero-order chi connectivity index (χ0) is 15.8. The highest BCUT2D eigenvalue weighted by Crippen LogP contribution is 2.14. The standard InChI is InChI=1S/C11H13N3OS.C6H6/c1-7(6-16)10(15)14-11-12-8-4-2-3-5-9(8)13-11;1-2-4-6-5-3-1/h2-5,7,16H,6H2,1H3,(H2,12,13,14,15);1-6H. The van der Waals surface area contributed by atoms with Crippen LogP contribution in [0.15, 0.2) is 60.7 Å². The van der Waals surface area contributed by atoms with Gasteiger partial charge < -0.3 is 4.98 Å². The zero-order valence-corrected chi connectivity index (χ0v) is 13.3. The summed E-state index contributed by atoms with van der Waals surface area (Å²) in [6.07, 6.45) is 0. The number of rotatable bonds is 3. The van der Waals surface area contributed by atoms with Crippen molar-refractivity contribution in [2.24, 2.45) is 5.92 Å². The number of anilines is 1. The van der Waals surface area contributed by atoms with Crippen LogP contribution in [0.4, 0.5) is 5.95 Å². The Hall–Kier alpha value is -2.27. The molecule has 1 heterocycles. The molecule has 0 saturated heterocycles. The van der Waals surface area contributed by atoms with Crippen LogP contribution in [0.3, 0.4) is 0 Å². The SMILES string of the molecule is CC(CS)C(=O)Nc1nc2ccccc2[nH]1.c1ccccc1. The molecular formula is C17H19N3OS. The molecule has 0 bridgehead atoms. The van der Waals surface area contributed by atoms with Crippen molar-refractivity contribution in [3.63, 3.8) is 0 Å². The summed E-state index contributed by atoms with van der Waals surface area (Å²) in [5, 5.41) is 2.73. The summed E-state index contributed by atoms with van der Waals surface area (Å²) in [5.74, 6) is 0.803. The highest BCUT2D eigenvalue weighted by molar-refractivity contribution is 7.80. The van der Waals surface area contributed by atoms with Crippen molar-refractivity contribution in [1.82, 2.24) is 9.97 Å². The van der Waals surface area contributed by atoms with E-state index >= 15 is 0 Å². The van der Waals surface area contributed by atoms with Gasteiger partial charge in [-0.05, 0) is 12.1 Å². The zero-order valence-electron chi connectivity index (χ0n) is 12.4. The van der Waals surface area contributed by atoms with Crippen molar-refractivity contribution in [2.45, 2.75) is 6.92 Å². The molecule has 114 valence electrons. The quantitative estimate of drug-likeness (QED) is 0.645. The smallest absolute Gasteiger partial charge is 0.230 e. The number of hydrogen-bond acceptors (Lipinski definition) is 3. The number of hydrogen-bond donors (Lipinski definition) is 3. The Labute approximate surface area is 135 Å². The Bertz CT molecular complexity index is 652. The third-order valence-corrected chi connectivity index (χ3v) is 3.57. The Kier molecular flexibility index (Phi) is 6.03. The fraction of sp³-hybridized carbons (Fsp3) is 0.176. The first-order valence-corrected chi connectivity index (χ1v) is 7.70. The monoisotopic (exact) mass is 313 g/mol. The molecule has 0 fully saturated rings. The molecule has 2 aromatic carbocycles. The average Bonchev–Trinajstić information content (AvgIpc) is 2.98. The van der Waals surface area contributed by atoms with Gasteiger partial charge in [-0.25, -0.2) is 4.98 Å². The molecule has 1 atom stereocenters. The summed E-state index contributed by atoms with van der Waals surface area (Å²) in [6, 6.07) is 19.6. The number of fused-ring (bicyclic) bond motifs is 1. The number of thiol groups is 1. The van der Waals surface area contributed by atoms with Crippen molar-refractivity contribution in [3.8, 4) is 0 Å². The van der Waals surface area contributed by atoms with Gasteiger partial charge in [0.1, 0.15) is 0 Å². The largest absolute Gasteiger partial charge is 0.324 e. The molecule has 3 rings (SSSR count). The molecule has 22 heavy (non-hydrogen) atoms. The first-order chi connectivity index (χ1) is 10.7. The number of nitrogens with zero attached hydrogens (tertiary/aromatic N) is 1. The number of imidazole rings is 1. The lowest BCUT2D eigenvalue weighted by molar-refractivity contribution is -0.118. The summed E-state index contributed by atoms with van der Waals surface area (Å²) in [6.45, 7) is 1.82. The van der Waals surface area contributed by atoms with E-state index in [0.29, 0.717) is 11.7 Å². The number of benzene rings is 2. The second kappa shape index (κ2) is 8.24. The third kappa shape index (κ3) is 4.63. The number of aromatic nitrogens is 2. The van der Waals surface area contributed by atoms with Crippen LogP contribution in [0.25, 0.3) is 11.0 Å². The predicted molar refractivity (Wildman–Crippen MR) is 94.2 cm³/mol. The number of carbonyl (C=O) groups excluding carboxylic acids is 1. The molecule has 0 aliphatic heterocycles. The summed E-state index contributed by atoms with van der Waals surface area (Å²) in [4.78, 5) is 18.9. The summed E-state index contributed by atoms with van der Waals surface area (Å²) in [7, 11) is 0. The van der Waals surface area contributed by atoms with Gasteiger partial charge in [0.25, 0.3) is 0 Å². The van der Waals surface area contributed by atoms with Crippen LogP contribution in [-0.2, 0) is 4.79 Å². The van der Waals surface area contributed by atoms with Gasteiger partial charge in [0.2, 0.25) is 11.9 Å². The van der Waals surface area contributed by atoms with Crippen molar-refractivity contribution < 1.29 is 4.79 Å². The summed E-state index contributed by atoms with van der Waals surface area (Å²) < 4.78 is 0. The van der Waals surface area contributed by atoms with Crippen LogP contribution < -0.4 is 5.32 Å². The van der Waals surface area contributed by atoms with Crippen molar-refractivity contribution in [2.75, 3.05) is 11.1 Å². The molecule has 2 N–H and O–H groups in total. The highest BCUT2D eigenvalue weighted by atomic mass is 32.1. The van der Waals surface area contributed by atoms with Crippen LogP contribution in [0.1, 0.15) is 6.92 Å². The fourth-order valence-electron chi connectivity index (χ4n) is 1.72. The minimum absolute atomic E-state index is 0.0749. The maximum atomic E-state index is 11.6. The lowest BCUT2D eigenvalue weighted by atomic mass is 10.2. The number of para-hydroxylation sites is 2. The molecule has 0 spiro atoms. The molecule has 5 heteroatoms. The lowest BCUT2D eigenvalue weighted by Gasteiger charge is -2.06. The van der Waals surface area contributed by atoms with E-state index in [-0.39, 0.29) is 11.8 Å². The Morgan fingerprint density at radius 2 is 1.73 bits per heavy atom. The van der Waals surface area contributed by atoms with Gasteiger partial charge >= 0.3 is 0 Å². The van der Waals surface area contributed by atoms with Gasteiger partial charge in [0.15, 0.2) is 0 Å². The number of aromatic amines is 1. The molecule has 3 aromatic rings. The van der Waals surface area contributed by atoms with Crippen LogP contribution in [0.5, 0.6) is 0 Å². The molecule has 0 saturated carbocycles. The Balaban J connectivity index is 0.000000246. The van der Waals surface area contributed by atoms with E-state index in [9.17, 15) is 4.79 Å². The number of carbonyl (C=O) groups is 1. The van der Waals surface area contributed by atoms with Gasteiger partial charge in [0.05, 0.1) is 11.0 Å². The van der Waals surface area contributed by atoms with E-state index in [1.54, 1.807) is 0 Å². The predicted octanol–water partition coefficient (Wildman–Crippen LogP) is 3.75. The van der Waals surface area contributed by atoms with Crippen LogP contribution in [-0.4, -0.2) is 21.6 Å². The first kappa shape index (κ1) is 16.1. The summed E-state index contributed by atoms with van der Waals surface area (Å²) >= 11 is 4.08. The molecule has 1 amide bonds. The molecule has 4 nitrogen and oxygen atoms in total. The van der Waals surface area contributed by atoms with Crippen molar-refractivity contribution in [3.05, 3.63) is 60.7 Å². The normalized spacial score (nSPS) is 11.4. The van der Waals surface area contributed by atoms with E-state index in [1.165, 1.54) is 0 Å². The Morgan fingerprint density at radius 3 is 2.27 bits per heavy atom. The van der Waals surface area contributed by atoms with E-state index in [2.05, 4.69) is 27.9 Å². The second-order valence-electron chi connectivity index (χ2n) is 4.83. The van der Waals surface area contributed by atoms with E-state index in [1.807, 2.05) is 67.6 Å². The molecular weight excluding hydrogens is 294 g/mol. The topological polar surface area (TPSA) is 57.8 Å². The third-order valence-electron chi connectivity index (χ3n) is 3.02. The van der Waals surface area contributed by atoms with Gasteiger partial charge in [-0.3, -0.25) is 10.1 Å². The average molecular weight is 313 g/mol. The number of H-pyrrole nitrogens is 1. The summed E-state index contributed by atoms with van der Waals surface area (Å²) in [5.41, 5.74) is 1.76. The highest BCUT2D eigenvalue weighted by Gasteiger charge is 2.12. The lowest BCUT2D eigenvalue weighted by Crippen LogP contribution is -2.22. The van der Waals surface area contributed by atoms with Crippen LogP contribution in [0.2, 0.25) is 0 Å². The molecule has 1 unspecified atom stereocenters. The number of nitrogens with one attached hydrogen (secondary N) is 2. The van der Waals surface area contributed by atoms with E-state index in [4.69, 9.17) is 0 Å². The molecule has 1 aromatic heterocycles. The van der Waals surface area contributed by atoms with E-state index in [0.717, 1.165) is 11.0 Å². The van der Waals surface area contributed by atoms with Crippen LogP contribution >= 0.6 is 12.6 Å². The van der Waals surface area contributed by atoms with Crippen molar-refractivity contribution >= 4 is 35.5 Å². The molecule has 0 aliphatic carbocycles. The first-order valence-electron chi connectivity index (χ1n) is 7.07. The van der Waals surface area contributed by atoms with Gasteiger partial charge in [-0.1, -0.05) is 55.5 Å². The van der Waals surface area contributed by atoms with Gasteiger partial charge in [-0.15, -0.1) is 0 Å². The van der Waals surface area contributed by atoms with Crippen LogP contribution in [0, 0.1) is 5.92 Å². The molecule has 0 radical (unpaired) electrons. The minimum atomic E-state index is -0.128. The second-order valence-corrected chi connectivity index (χ2v) is 5.20. The Morgan fingerprint density at radius 1 is 1.14 bits per heavy atom. The minimum Gasteiger partial charge on any atom is -0.324 e. The van der Waals surface area contributed by atoms with Gasteiger partial charge in [0, 0.05) is 11.7 Å². The maximum Gasteiger partial charge on any atom is 0.230 e. The van der Waals surface area contributed by atoms with Crippen molar-refractivity contribution in [1.29, 1.82) is 0 Å². The maximum absolute atomic E-state index is 11.6.